The molecule has 4 rings (SSSR count). The molecule has 0 fully saturated rings. The van der Waals surface area contributed by atoms with Crippen molar-refractivity contribution < 1.29 is 13.9 Å². The minimum Gasteiger partial charge on any atom is -0.493 e. The molecule has 0 bridgehead atoms. The van der Waals surface area contributed by atoms with Crippen LogP contribution in [0.4, 0.5) is 15.9 Å². The second-order valence-corrected chi connectivity index (χ2v) is 7.14. The van der Waals surface area contributed by atoms with Crippen LogP contribution in [-0.4, -0.2) is 17.5 Å². The lowest BCUT2D eigenvalue weighted by Gasteiger charge is -2.07. The van der Waals surface area contributed by atoms with Crippen LogP contribution in [0.3, 0.4) is 0 Å². The van der Waals surface area contributed by atoms with Gasteiger partial charge in [0.1, 0.15) is 21.5 Å². The average Bonchev–Trinajstić information content (AvgIpc) is 3.24. The van der Waals surface area contributed by atoms with Crippen molar-refractivity contribution in [3.05, 3.63) is 57.7 Å². The molecule has 26 heavy (non-hydrogen) atoms. The molecule has 3 aromatic rings. The summed E-state index contributed by atoms with van der Waals surface area (Å²) in [5.41, 5.74) is 7.75. The number of amides is 1. The van der Waals surface area contributed by atoms with Crippen molar-refractivity contribution in [3.8, 4) is 16.3 Å². The van der Waals surface area contributed by atoms with Crippen LogP contribution in [-0.2, 0) is 6.42 Å². The monoisotopic (exact) mass is 389 g/mol. The van der Waals surface area contributed by atoms with Gasteiger partial charge in [-0.25, -0.2) is 9.37 Å². The van der Waals surface area contributed by atoms with Crippen molar-refractivity contribution in [1.82, 2.24) is 4.98 Å². The van der Waals surface area contributed by atoms with Gasteiger partial charge in [-0.2, -0.15) is 0 Å². The first-order valence-corrected chi connectivity index (χ1v) is 8.99. The minimum absolute atomic E-state index is 0.247. The Morgan fingerprint density at radius 3 is 2.96 bits per heavy atom. The molecule has 8 heteroatoms. The molecule has 0 spiro atoms. The number of nitrogens with one attached hydrogen (secondary N) is 1. The van der Waals surface area contributed by atoms with E-state index in [2.05, 4.69) is 10.3 Å². The number of benzene rings is 2. The smallest absolute Gasteiger partial charge is 0.262 e. The summed E-state index contributed by atoms with van der Waals surface area (Å²) in [4.78, 5) is 16.5. The van der Waals surface area contributed by atoms with Crippen LogP contribution < -0.4 is 15.8 Å². The molecule has 1 amide bonds. The third kappa shape index (κ3) is 3.11. The molecule has 0 aliphatic carbocycles. The highest BCUT2D eigenvalue weighted by Crippen LogP contribution is 2.36. The first kappa shape index (κ1) is 16.8. The highest BCUT2D eigenvalue weighted by Gasteiger charge is 2.20. The van der Waals surface area contributed by atoms with Crippen LogP contribution >= 0.6 is 22.9 Å². The Balaban J connectivity index is 1.73. The minimum atomic E-state index is -0.617. The molecule has 0 saturated heterocycles. The molecule has 0 radical (unpaired) electrons. The van der Waals surface area contributed by atoms with Gasteiger partial charge in [0.05, 0.1) is 17.3 Å². The number of nitrogens with zero attached hydrogens (tertiary/aromatic N) is 1. The van der Waals surface area contributed by atoms with Crippen LogP contribution in [0.2, 0.25) is 5.02 Å². The van der Waals surface area contributed by atoms with E-state index < -0.39 is 11.7 Å². The molecular weight excluding hydrogens is 377 g/mol. The number of aromatic nitrogens is 1. The van der Waals surface area contributed by atoms with E-state index >= 15 is 0 Å². The summed E-state index contributed by atoms with van der Waals surface area (Å²) in [7, 11) is 0. The predicted molar refractivity (Wildman–Crippen MR) is 100.0 cm³/mol. The van der Waals surface area contributed by atoms with E-state index in [9.17, 15) is 9.18 Å². The standard InChI is InChI=1S/C18H13ClFN3O2S/c19-12-3-2-11(20)8-13(12)22-17-15(16(21)24)26-18(23-17)10-1-4-14-9(7-10)5-6-25-14/h1-4,7-8,22H,5-6H2,(H2,21,24). The van der Waals surface area contributed by atoms with Crippen LogP contribution in [0, 0.1) is 5.82 Å². The summed E-state index contributed by atoms with van der Waals surface area (Å²) < 4.78 is 19.0. The van der Waals surface area contributed by atoms with Gasteiger partial charge < -0.3 is 15.8 Å². The van der Waals surface area contributed by atoms with Gasteiger partial charge in [-0.1, -0.05) is 11.6 Å². The highest BCUT2D eigenvalue weighted by atomic mass is 35.5. The first-order chi connectivity index (χ1) is 12.5. The number of hydrogen-bond acceptors (Lipinski definition) is 5. The number of nitrogens with two attached hydrogens (primary N) is 1. The van der Waals surface area contributed by atoms with E-state index in [1.165, 1.54) is 29.5 Å². The average molecular weight is 390 g/mol. The van der Waals surface area contributed by atoms with Crippen LogP contribution in [0.15, 0.2) is 36.4 Å². The van der Waals surface area contributed by atoms with E-state index in [-0.39, 0.29) is 10.7 Å². The first-order valence-electron chi connectivity index (χ1n) is 7.80. The zero-order valence-electron chi connectivity index (χ0n) is 13.4. The lowest BCUT2D eigenvalue weighted by atomic mass is 10.1. The number of hydrogen-bond donors (Lipinski definition) is 2. The van der Waals surface area contributed by atoms with Crippen LogP contribution in [0.1, 0.15) is 15.2 Å². The van der Waals surface area contributed by atoms with Gasteiger partial charge in [-0.05, 0) is 42.0 Å². The van der Waals surface area contributed by atoms with Crippen molar-refractivity contribution in [2.75, 3.05) is 11.9 Å². The second-order valence-electron chi connectivity index (χ2n) is 5.73. The van der Waals surface area contributed by atoms with Crippen molar-refractivity contribution in [2.45, 2.75) is 6.42 Å². The zero-order chi connectivity index (χ0) is 18.3. The maximum atomic E-state index is 13.5. The molecule has 3 N–H and O–H groups in total. The Kier molecular flexibility index (Phi) is 4.26. The normalized spacial score (nSPS) is 12.5. The fourth-order valence-corrected chi connectivity index (χ4v) is 3.77. The number of anilines is 2. The molecule has 1 aliphatic rings. The van der Waals surface area contributed by atoms with Gasteiger partial charge in [0.2, 0.25) is 0 Å². The SMILES string of the molecule is NC(=O)c1sc(-c2ccc3c(c2)CCO3)nc1Nc1cc(F)ccc1Cl. The maximum Gasteiger partial charge on any atom is 0.262 e. The summed E-state index contributed by atoms with van der Waals surface area (Å²) in [6.07, 6.45) is 0.835. The zero-order valence-corrected chi connectivity index (χ0v) is 15.0. The fourth-order valence-electron chi connectivity index (χ4n) is 2.74. The van der Waals surface area contributed by atoms with E-state index in [4.69, 9.17) is 22.1 Å². The van der Waals surface area contributed by atoms with E-state index in [0.717, 1.165) is 23.3 Å². The van der Waals surface area contributed by atoms with Crippen molar-refractivity contribution >= 4 is 40.4 Å². The molecule has 1 aliphatic heterocycles. The van der Waals surface area contributed by atoms with Gasteiger partial charge >= 0.3 is 0 Å². The summed E-state index contributed by atoms with van der Waals surface area (Å²) in [6.45, 7) is 0.661. The molecule has 0 unspecified atom stereocenters. The van der Waals surface area contributed by atoms with Crippen LogP contribution in [0.5, 0.6) is 5.75 Å². The molecule has 0 atom stereocenters. The lowest BCUT2D eigenvalue weighted by molar-refractivity contribution is 0.100. The lowest BCUT2D eigenvalue weighted by Crippen LogP contribution is -2.11. The predicted octanol–water partition coefficient (Wildman–Crippen LogP) is 4.38. The summed E-state index contributed by atoms with van der Waals surface area (Å²) >= 11 is 7.25. The van der Waals surface area contributed by atoms with Crippen molar-refractivity contribution in [1.29, 1.82) is 0 Å². The Morgan fingerprint density at radius 1 is 1.31 bits per heavy atom. The topological polar surface area (TPSA) is 77.2 Å². The number of primary amides is 1. The molecule has 0 saturated carbocycles. The number of fused-ring (bicyclic) bond motifs is 1. The second kappa shape index (κ2) is 6.59. The van der Waals surface area contributed by atoms with E-state index in [1.54, 1.807) is 0 Å². The van der Waals surface area contributed by atoms with Crippen molar-refractivity contribution in [3.63, 3.8) is 0 Å². The Hall–Kier alpha value is -2.64. The number of carbonyl (C=O) groups is 1. The van der Waals surface area contributed by atoms with E-state index in [1.807, 2.05) is 18.2 Å². The molecule has 132 valence electrons. The summed E-state index contributed by atoms with van der Waals surface area (Å²) in [5.74, 6) is 0.0481. The number of thiazole rings is 1. The third-order valence-electron chi connectivity index (χ3n) is 3.97. The summed E-state index contributed by atoms with van der Waals surface area (Å²) in [6, 6.07) is 9.68. The number of rotatable bonds is 4. The number of ether oxygens (including phenoxy) is 1. The van der Waals surface area contributed by atoms with E-state index in [0.29, 0.717) is 22.3 Å². The molecule has 5 nitrogen and oxygen atoms in total. The summed E-state index contributed by atoms with van der Waals surface area (Å²) in [5, 5.41) is 3.85. The Labute approximate surface area is 157 Å². The fraction of sp³-hybridized carbons (Fsp3) is 0.111. The van der Waals surface area contributed by atoms with Crippen molar-refractivity contribution in [2.24, 2.45) is 5.73 Å². The largest absolute Gasteiger partial charge is 0.493 e. The Bertz CT molecular complexity index is 1020. The quantitative estimate of drug-likeness (QED) is 0.694. The van der Waals surface area contributed by atoms with Gasteiger partial charge in [0, 0.05) is 12.0 Å². The van der Waals surface area contributed by atoms with Gasteiger partial charge in [-0.3, -0.25) is 4.79 Å². The number of halogens is 2. The molecule has 2 aromatic carbocycles. The highest BCUT2D eigenvalue weighted by molar-refractivity contribution is 7.17. The third-order valence-corrected chi connectivity index (χ3v) is 5.42. The Morgan fingerprint density at radius 2 is 2.15 bits per heavy atom. The molecule has 1 aromatic heterocycles. The molecule has 2 heterocycles. The van der Waals surface area contributed by atoms with Gasteiger partial charge in [0.25, 0.3) is 5.91 Å². The molecular formula is C18H13ClFN3O2S. The van der Waals surface area contributed by atoms with Gasteiger partial charge in [0.15, 0.2) is 5.82 Å². The number of carbonyl (C=O) groups excluding carboxylic acids is 1. The van der Waals surface area contributed by atoms with Crippen LogP contribution in [0.25, 0.3) is 10.6 Å². The maximum absolute atomic E-state index is 13.5. The van der Waals surface area contributed by atoms with Gasteiger partial charge in [-0.15, -0.1) is 11.3 Å².